The standard InChI is InChI=1S/C20H19N5O2.2C2HF3O2/c1-27-15-5-2-12(3-6-15)8-17(21)19-24-18-7-4-13(14-10-22-23-11-14)9-16(18)20(26)25-19;2*3-2(4,5)1(6)7/h2-7,9-11,17H,8,21H2,1H3,(H,22,23)(H,24,25,26);2*(H,6,7)/t17-;;/m1../s1. The van der Waals surface area contributed by atoms with E-state index in [1.54, 1.807) is 19.5 Å². The maximum atomic E-state index is 12.6. The van der Waals surface area contributed by atoms with Crippen molar-refractivity contribution in [3.63, 3.8) is 0 Å². The summed E-state index contributed by atoms with van der Waals surface area (Å²) in [4.78, 5) is 37.7. The van der Waals surface area contributed by atoms with Crippen LogP contribution in [0.3, 0.4) is 0 Å². The van der Waals surface area contributed by atoms with Gasteiger partial charge in [0.25, 0.3) is 5.56 Å². The smallest absolute Gasteiger partial charge is 0.490 e. The molecule has 17 heteroatoms. The number of alkyl halides is 6. The summed E-state index contributed by atoms with van der Waals surface area (Å²) < 4.78 is 68.6. The second-order valence-electron chi connectivity index (χ2n) is 7.93. The molecule has 220 valence electrons. The van der Waals surface area contributed by atoms with Crippen molar-refractivity contribution >= 4 is 22.8 Å². The van der Waals surface area contributed by atoms with Gasteiger partial charge in [-0.25, -0.2) is 14.6 Å². The van der Waals surface area contributed by atoms with Gasteiger partial charge in [0.05, 0.1) is 30.3 Å². The number of aromatic amines is 2. The van der Waals surface area contributed by atoms with Crippen LogP contribution in [0.1, 0.15) is 17.4 Å². The van der Waals surface area contributed by atoms with Crippen molar-refractivity contribution in [1.82, 2.24) is 20.2 Å². The van der Waals surface area contributed by atoms with Crippen molar-refractivity contribution in [3.05, 3.63) is 76.6 Å². The first-order valence-electron chi connectivity index (χ1n) is 11.0. The van der Waals surface area contributed by atoms with E-state index in [0.29, 0.717) is 23.1 Å². The number of benzene rings is 2. The number of methoxy groups -OCH3 is 1. The number of nitrogens with two attached hydrogens (primary N) is 1. The Morgan fingerprint density at radius 1 is 0.976 bits per heavy atom. The molecule has 2 aromatic carbocycles. The number of nitrogens with zero attached hydrogens (tertiary/aromatic N) is 2. The van der Waals surface area contributed by atoms with Crippen LogP contribution in [0.2, 0.25) is 0 Å². The van der Waals surface area contributed by atoms with Crippen LogP contribution in [0.15, 0.2) is 59.7 Å². The highest BCUT2D eigenvalue weighted by molar-refractivity contribution is 5.83. The predicted octanol–water partition coefficient (Wildman–Crippen LogP) is 3.83. The van der Waals surface area contributed by atoms with Gasteiger partial charge in [-0.15, -0.1) is 0 Å². The lowest BCUT2D eigenvalue weighted by Crippen LogP contribution is -2.21. The van der Waals surface area contributed by atoms with E-state index < -0.39 is 30.3 Å². The summed E-state index contributed by atoms with van der Waals surface area (Å²) in [5.41, 5.74) is 9.56. The molecule has 0 fully saturated rings. The summed E-state index contributed by atoms with van der Waals surface area (Å²) in [6.45, 7) is 0. The summed E-state index contributed by atoms with van der Waals surface area (Å²) >= 11 is 0. The molecule has 1 atom stereocenters. The van der Waals surface area contributed by atoms with Crippen LogP contribution >= 0.6 is 0 Å². The molecule has 4 aromatic rings. The van der Waals surface area contributed by atoms with Gasteiger partial charge in [0.1, 0.15) is 11.6 Å². The van der Waals surface area contributed by atoms with Gasteiger partial charge in [0.15, 0.2) is 0 Å². The summed E-state index contributed by atoms with van der Waals surface area (Å²) in [6, 6.07) is 12.8. The van der Waals surface area contributed by atoms with Crippen LogP contribution in [0, 0.1) is 0 Å². The third-order valence-corrected chi connectivity index (χ3v) is 5.01. The van der Waals surface area contributed by atoms with Gasteiger partial charge < -0.3 is 25.7 Å². The van der Waals surface area contributed by atoms with E-state index in [1.165, 1.54) is 0 Å². The summed E-state index contributed by atoms with van der Waals surface area (Å²) in [5, 5.41) is 21.5. The highest BCUT2D eigenvalue weighted by Gasteiger charge is 2.38. The van der Waals surface area contributed by atoms with Gasteiger partial charge in [-0.05, 0) is 41.8 Å². The molecule has 2 heterocycles. The van der Waals surface area contributed by atoms with Crippen molar-refractivity contribution in [3.8, 4) is 16.9 Å². The Morgan fingerprint density at radius 3 is 2.00 bits per heavy atom. The number of aliphatic carboxylic acids is 2. The number of fused-ring (bicyclic) bond motifs is 1. The largest absolute Gasteiger partial charge is 0.497 e. The number of H-pyrrole nitrogens is 2. The maximum absolute atomic E-state index is 12.6. The zero-order valence-corrected chi connectivity index (χ0v) is 20.7. The van der Waals surface area contributed by atoms with Crippen molar-refractivity contribution in [2.75, 3.05) is 7.11 Å². The molecule has 0 radical (unpaired) electrons. The first-order valence-corrected chi connectivity index (χ1v) is 11.0. The first-order chi connectivity index (χ1) is 19.0. The molecule has 0 aliphatic rings. The van der Waals surface area contributed by atoms with Crippen molar-refractivity contribution in [2.24, 2.45) is 5.73 Å². The number of carboxylic acid groups (broad SMARTS) is 2. The van der Waals surface area contributed by atoms with Crippen LogP contribution < -0.4 is 16.0 Å². The molecular formula is C24H21F6N5O6. The van der Waals surface area contributed by atoms with Crippen molar-refractivity contribution in [1.29, 1.82) is 0 Å². The number of hydrogen-bond acceptors (Lipinski definition) is 7. The molecule has 0 unspecified atom stereocenters. The molecule has 4 rings (SSSR count). The fourth-order valence-electron chi connectivity index (χ4n) is 3.03. The van der Waals surface area contributed by atoms with Gasteiger partial charge in [0.2, 0.25) is 0 Å². The highest BCUT2D eigenvalue weighted by atomic mass is 19.4. The first kappa shape index (κ1) is 32.3. The van der Waals surface area contributed by atoms with E-state index in [-0.39, 0.29) is 5.56 Å². The molecular weight excluding hydrogens is 568 g/mol. The lowest BCUT2D eigenvalue weighted by molar-refractivity contribution is -0.193. The van der Waals surface area contributed by atoms with Gasteiger partial charge in [-0.2, -0.15) is 31.4 Å². The molecule has 0 aliphatic heterocycles. The molecule has 0 aliphatic carbocycles. The number of hydrogen-bond donors (Lipinski definition) is 5. The number of ether oxygens (including phenoxy) is 1. The number of carbonyl (C=O) groups is 2. The van der Waals surface area contributed by atoms with Crippen molar-refractivity contribution < 1.29 is 50.9 Å². The fraction of sp³-hybridized carbons (Fsp3) is 0.208. The molecule has 0 saturated carbocycles. The lowest BCUT2D eigenvalue weighted by atomic mass is 10.0. The molecule has 2 aromatic heterocycles. The second kappa shape index (κ2) is 13.4. The van der Waals surface area contributed by atoms with Gasteiger partial charge >= 0.3 is 24.3 Å². The highest BCUT2D eigenvalue weighted by Crippen LogP contribution is 2.22. The quantitative estimate of drug-likeness (QED) is 0.216. The Hall–Kier alpha value is -4.93. The lowest BCUT2D eigenvalue weighted by Gasteiger charge is -2.12. The zero-order chi connectivity index (χ0) is 31.0. The number of carboxylic acids is 2. The summed E-state index contributed by atoms with van der Waals surface area (Å²) in [6.07, 6.45) is -6.12. The van der Waals surface area contributed by atoms with Crippen LogP contribution in [0.5, 0.6) is 5.75 Å². The average molecular weight is 589 g/mol. The normalized spacial score (nSPS) is 11.9. The van der Waals surface area contributed by atoms with E-state index in [4.69, 9.17) is 30.3 Å². The number of halogens is 6. The van der Waals surface area contributed by atoms with E-state index >= 15 is 0 Å². The molecule has 0 spiro atoms. The summed E-state index contributed by atoms with van der Waals surface area (Å²) in [7, 11) is 1.63. The molecule has 11 nitrogen and oxygen atoms in total. The third kappa shape index (κ3) is 9.64. The minimum absolute atomic E-state index is 0.203. The van der Waals surface area contributed by atoms with Crippen LogP contribution in [0.25, 0.3) is 22.0 Å². The minimum atomic E-state index is -5.08. The number of aromatic nitrogens is 4. The molecule has 6 N–H and O–H groups in total. The Labute approximate surface area is 225 Å². The fourth-order valence-corrected chi connectivity index (χ4v) is 3.03. The predicted molar refractivity (Wildman–Crippen MR) is 131 cm³/mol. The number of rotatable bonds is 5. The second-order valence-corrected chi connectivity index (χ2v) is 7.93. The van der Waals surface area contributed by atoms with Crippen LogP contribution in [0.4, 0.5) is 26.3 Å². The van der Waals surface area contributed by atoms with Gasteiger partial charge in [-0.3, -0.25) is 9.89 Å². The zero-order valence-electron chi connectivity index (χ0n) is 20.7. The molecule has 41 heavy (non-hydrogen) atoms. The molecule has 0 saturated heterocycles. The van der Waals surface area contributed by atoms with Crippen LogP contribution in [-0.2, 0) is 16.0 Å². The Balaban J connectivity index is 0.000000349. The summed E-state index contributed by atoms with van der Waals surface area (Å²) in [5.74, 6) is -4.25. The van der Waals surface area contributed by atoms with E-state index in [0.717, 1.165) is 22.4 Å². The van der Waals surface area contributed by atoms with E-state index in [1.807, 2.05) is 42.5 Å². The van der Waals surface area contributed by atoms with E-state index in [9.17, 15) is 31.1 Å². The topological polar surface area (TPSA) is 184 Å². The Bertz CT molecular complexity index is 1500. The molecule has 0 bridgehead atoms. The SMILES string of the molecule is COc1ccc(C[C@@H](N)c2nc3ccc(-c4cn[nH]c4)cc3c(=O)[nH]2)cc1.O=C(O)C(F)(F)F.O=C(O)C(F)(F)F. The van der Waals surface area contributed by atoms with E-state index in [2.05, 4.69) is 20.2 Å². The van der Waals surface area contributed by atoms with Crippen LogP contribution in [-0.4, -0.2) is 61.8 Å². The monoisotopic (exact) mass is 589 g/mol. The maximum Gasteiger partial charge on any atom is 0.490 e. The third-order valence-electron chi connectivity index (χ3n) is 5.01. The van der Waals surface area contributed by atoms with Crippen molar-refractivity contribution in [2.45, 2.75) is 24.8 Å². The average Bonchev–Trinajstić information content (AvgIpc) is 3.44. The molecule has 0 amide bonds. The Kier molecular flexibility index (Phi) is 10.6. The minimum Gasteiger partial charge on any atom is -0.497 e. The van der Waals surface area contributed by atoms with Gasteiger partial charge in [0, 0.05) is 11.8 Å². The Morgan fingerprint density at radius 2 is 1.54 bits per heavy atom. The number of nitrogens with one attached hydrogen (secondary N) is 2. The van der Waals surface area contributed by atoms with Gasteiger partial charge in [-0.1, -0.05) is 18.2 Å².